The van der Waals surface area contributed by atoms with E-state index in [-0.39, 0.29) is 6.04 Å². The fourth-order valence-electron chi connectivity index (χ4n) is 2.12. The van der Waals surface area contributed by atoms with Crippen LogP contribution in [0.1, 0.15) is 42.5 Å². The van der Waals surface area contributed by atoms with Gasteiger partial charge in [-0.05, 0) is 55.4 Å². The SMILES string of the molecule is CC(N)c1cc2c(cc1Cl)CCCC2. The second-order valence-electron chi connectivity index (χ2n) is 4.14. The summed E-state index contributed by atoms with van der Waals surface area (Å²) in [6, 6.07) is 4.34. The van der Waals surface area contributed by atoms with Gasteiger partial charge in [0, 0.05) is 11.1 Å². The lowest BCUT2D eigenvalue weighted by molar-refractivity contribution is 0.681. The molecule has 1 aliphatic carbocycles. The first-order valence-electron chi connectivity index (χ1n) is 5.25. The second kappa shape index (κ2) is 3.92. The van der Waals surface area contributed by atoms with Gasteiger partial charge in [-0.25, -0.2) is 0 Å². The molecule has 0 amide bonds. The zero-order valence-electron chi connectivity index (χ0n) is 8.52. The number of fused-ring (bicyclic) bond motifs is 1. The van der Waals surface area contributed by atoms with E-state index in [1.54, 1.807) is 0 Å². The van der Waals surface area contributed by atoms with Gasteiger partial charge in [0.05, 0.1) is 0 Å². The van der Waals surface area contributed by atoms with E-state index in [9.17, 15) is 0 Å². The van der Waals surface area contributed by atoms with E-state index in [4.69, 9.17) is 17.3 Å². The Morgan fingerprint density at radius 3 is 2.36 bits per heavy atom. The summed E-state index contributed by atoms with van der Waals surface area (Å²) >= 11 is 6.18. The van der Waals surface area contributed by atoms with Gasteiger partial charge < -0.3 is 5.73 Å². The van der Waals surface area contributed by atoms with Gasteiger partial charge in [0.1, 0.15) is 0 Å². The molecule has 2 rings (SSSR count). The average molecular weight is 210 g/mol. The summed E-state index contributed by atoms with van der Waals surface area (Å²) in [6.07, 6.45) is 4.95. The Bertz CT molecular complexity index is 344. The first-order chi connectivity index (χ1) is 6.68. The molecule has 0 aliphatic heterocycles. The Labute approximate surface area is 90.3 Å². The molecule has 1 aromatic rings. The molecule has 1 aromatic carbocycles. The van der Waals surface area contributed by atoms with Crippen molar-refractivity contribution >= 4 is 11.6 Å². The summed E-state index contributed by atoms with van der Waals surface area (Å²) in [6.45, 7) is 1.98. The van der Waals surface area contributed by atoms with Crippen LogP contribution in [0.4, 0.5) is 0 Å². The molecule has 0 radical (unpaired) electrons. The van der Waals surface area contributed by atoms with E-state index in [1.807, 2.05) is 6.92 Å². The zero-order chi connectivity index (χ0) is 10.1. The first kappa shape index (κ1) is 10.0. The molecule has 0 heterocycles. The third-order valence-corrected chi connectivity index (χ3v) is 3.28. The maximum absolute atomic E-state index is 6.18. The predicted octanol–water partition coefficient (Wildman–Crippen LogP) is 3.24. The van der Waals surface area contributed by atoms with Gasteiger partial charge in [0.25, 0.3) is 0 Å². The number of hydrogen-bond donors (Lipinski definition) is 1. The normalized spacial score (nSPS) is 17.6. The second-order valence-corrected chi connectivity index (χ2v) is 4.55. The molecule has 0 fully saturated rings. The van der Waals surface area contributed by atoms with E-state index in [0.717, 1.165) is 10.6 Å². The van der Waals surface area contributed by atoms with Crippen molar-refractivity contribution in [1.82, 2.24) is 0 Å². The van der Waals surface area contributed by atoms with Gasteiger partial charge in [-0.2, -0.15) is 0 Å². The number of hydrogen-bond acceptors (Lipinski definition) is 1. The van der Waals surface area contributed by atoms with E-state index in [1.165, 1.54) is 36.8 Å². The third kappa shape index (κ3) is 1.79. The zero-order valence-corrected chi connectivity index (χ0v) is 9.27. The number of benzene rings is 1. The minimum Gasteiger partial charge on any atom is -0.324 e. The summed E-state index contributed by atoms with van der Waals surface area (Å²) in [5, 5.41) is 0.834. The first-order valence-corrected chi connectivity index (χ1v) is 5.63. The van der Waals surface area contributed by atoms with E-state index < -0.39 is 0 Å². The van der Waals surface area contributed by atoms with Gasteiger partial charge in [-0.15, -0.1) is 0 Å². The molecule has 76 valence electrons. The summed E-state index contributed by atoms with van der Waals surface area (Å²) < 4.78 is 0. The fraction of sp³-hybridized carbons (Fsp3) is 0.500. The highest BCUT2D eigenvalue weighted by Crippen LogP contribution is 2.29. The minimum absolute atomic E-state index is 0.0368. The Hall–Kier alpha value is -0.530. The lowest BCUT2D eigenvalue weighted by atomic mass is 9.89. The molecular formula is C12H16ClN. The molecule has 1 unspecified atom stereocenters. The quantitative estimate of drug-likeness (QED) is 0.755. The predicted molar refractivity (Wildman–Crippen MR) is 60.7 cm³/mol. The Balaban J connectivity index is 2.45. The molecule has 0 spiro atoms. The van der Waals surface area contributed by atoms with Gasteiger partial charge in [-0.3, -0.25) is 0 Å². The third-order valence-electron chi connectivity index (χ3n) is 2.95. The van der Waals surface area contributed by atoms with E-state index >= 15 is 0 Å². The monoisotopic (exact) mass is 209 g/mol. The van der Waals surface area contributed by atoms with Crippen LogP contribution in [-0.2, 0) is 12.8 Å². The lowest BCUT2D eigenvalue weighted by Gasteiger charge is -2.19. The Kier molecular flexibility index (Phi) is 2.80. The van der Waals surface area contributed by atoms with Crippen molar-refractivity contribution in [2.24, 2.45) is 5.73 Å². The van der Waals surface area contributed by atoms with Crippen LogP contribution in [0.25, 0.3) is 0 Å². The van der Waals surface area contributed by atoms with Crippen molar-refractivity contribution in [3.8, 4) is 0 Å². The smallest absolute Gasteiger partial charge is 0.0456 e. The lowest BCUT2D eigenvalue weighted by Crippen LogP contribution is -2.09. The molecule has 1 nitrogen and oxygen atoms in total. The van der Waals surface area contributed by atoms with Crippen molar-refractivity contribution in [2.75, 3.05) is 0 Å². The number of rotatable bonds is 1. The molecule has 0 saturated heterocycles. The minimum atomic E-state index is 0.0368. The summed E-state index contributed by atoms with van der Waals surface area (Å²) in [7, 11) is 0. The fourth-order valence-corrected chi connectivity index (χ4v) is 2.48. The van der Waals surface area contributed by atoms with Crippen molar-refractivity contribution < 1.29 is 0 Å². The highest BCUT2D eigenvalue weighted by atomic mass is 35.5. The molecule has 0 aromatic heterocycles. The van der Waals surface area contributed by atoms with E-state index in [0.29, 0.717) is 0 Å². The van der Waals surface area contributed by atoms with Crippen LogP contribution in [0.15, 0.2) is 12.1 Å². The maximum Gasteiger partial charge on any atom is 0.0456 e. The van der Waals surface area contributed by atoms with Gasteiger partial charge in [0.2, 0.25) is 0 Å². The van der Waals surface area contributed by atoms with Crippen LogP contribution < -0.4 is 5.73 Å². The molecule has 2 heteroatoms. The topological polar surface area (TPSA) is 26.0 Å². The van der Waals surface area contributed by atoms with Crippen molar-refractivity contribution in [3.63, 3.8) is 0 Å². The Morgan fingerprint density at radius 2 is 1.79 bits per heavy atom. The summed E-state index contributed by atoms with van der Waals surface area (Å²) in [5.41, 5.74) is 9.83. The van der Waals surface area contributed by atoms with Gasteiger partial charge >= 0.3 is 0 Å². The molecule has 14 heavy (non-hydrogen) atoms. The largest absolute Gasteiger partial charge is 0.324 e. The number of aryl methyl sites for hydroxylation is 2. The van der Waals surface area contributed by atoms with Crippen molar-refractivity contribution in [1.29, 1.82) is 0 Å². The molecular weight excluding hydrogens is 194 g/mol. The molecule has 1 aliphatic rings. The number of halogens is 1. The van der Waals surface area contributed by atoms with Crippen LogP contribution in [-0.4, -0.2) is 0 Å². The van der Waals surface area contributed by atoms with E-state index in [2.05, 4.69) is 12.1 Å². The van der Waals surface area contributed by atoms with Gasteiger partial charge in [0.15, 0.2) is 0 Å². The molecule has 0 saturated carbocycles. The molecule has 1 atom stereocenters. The highest BCUT2D eigenvalue weighted by molar-refractivity contribution is 6.31. The maximum atomic E-state index is 6.18. The standard InChI is InChI=1S/C12H16ClN/c1-8(14)11-6-9-4-2-3-5-10(9)7-12(11)13/h6-8H,2-5,14H2,1H3. The van der Waals surface area contributed by atoms with Crippen LogP contribution >= 0.6 is 11.6 Å². The summed E-state index contributed by atoms with van der Waals surface area (Å²) in [5.74, 6) is 0. The summed E-state index contributed by atoms with van der Waals surface area (Å²) in [4.78, 5) is 0. The molecule has 0 bridgehead atoms. The highest BCUT2D eigenvalue weighted by Gasteiger charge is 2.13. The average Bonchev–Trinajstić information content (AvgIpc) is 2.16. The van der Waals surface area contributed by atoms with Crippen LogP contribution in [0.5, 0.6) is 0 Å². The Morgan fingerprint density at radius 1 is 1.21 bits per heavy atom. The van der Waals surface area contributed by atoms with Crippen molar-refractivity contribution in [3.05, 3.63) is 33.8 Å². The van der Waals surface area contributed by atoms with Crippen LogP contribution in [0.3, 0.4) is 0 Å². The number of nitrogens with two attached hydrogens (primary N) is 1. The van der Waals surface area contributed by atoms with Crippen molar-refractivity contribution in [2.45, 2.75) is 38.6 Å². The van der Waals surface area contributed by atoms with Gasteiger partial charge in [-0.1, -0.05) is 17.7 Å². The molecule has 2 N–H and O–H groups in total. The van der Waals surface area contributed by atoms with Crippen LogP contribution in [0.2, 0.25) is 5.02 Å². The van der Waals surface area contributed by atoms with Crippen LogP contribution in [0, 0.1) is 0 Å².